The van der Waals surface area contributed by atoms with Gasteiger partial charge >= 0.3 is 0 Å². The van der Waals surface area contributed by atoms with Gasteiger partial charge in [-0.05, 0) is 54.8 Å². The molecule has 1 N–H and O–H groups in total. The molecule has 158 valence electrons. The van der Waals surface area contributed by atoms with E-state index in [1.54, 1.807) is 11.8 Å². The van der Waals surface area contributed by atoms with Crippen molar-refractivity contribution < 1.29 is 9.59 Å². The summed E-state index contributed by atoms with van der Waals surface area (Å²) in [7, 11) is 4.01. The van der Waals surface area contributed by atoms with Gasteiger partial charge in [0.05, 0.1) is 5.75 Å². The highest BCUT2D eigenvalue weighted by Crippen LogP contribution is 2.42. The van der Waals surface area contributed by atoms with Crippen LogP contribution in [0.3, 0.4) is 0 Å². The molecule has 2 aromatic rings. The Morgan fingerprint density at radius 3 is 2.30 bits per heavy atom. The Balaban J connectivity index is 1.47. The lowest BCUT2D eigenvalue weighted by Gasteiger charge is -2.25. The minimum atomic E-state index is -0.0502. The zero-order valence-corrected chi connectivity index (χ0v) is 18.5. The van der Waals surface area contributed by atoms with Crippen LogP contribution in [0.2, 0.25) is 0 Å². The number of carbonyl (C=O) groups excluding carboxylic acids is 2. The van der Waals surface area contributed by atoms with Crippen molar-refractivity contribution in [2.75, 3.05) is 35.0 Å². The van der Waals surface area contributed by atoms with Crippen LogP contribution in [0.15, 0.2) is 48.5 Å². The summed E-state index contributed by atoms with van der Waals surface area (Å²) in [5.41, 5.74) is 3.91. The number of anilines is 3. The molecule has 0 aromatic heterocycles. The van der Waals surface area contributed by atoms with Gasteiger partial charge in [-0.25, -0.2) is 0 Å². The number of nitrogens with one attached hydrogen (secondary N) is 1. The van der Waals surface area contributed by atoms with E-state index in [2.05, 4.69) is 5.32 Å². The third-order valence-corrected chi connectivity index (χ3v) is 7.16. The number of benzene rings is 2. The van der Waals surface area contributed by atoms with Crippen LogP contribution >= 0.6 is 11.8 Å². The van der Waals surface area contributed by atoms with Crippen molar-refractivity contribution in [3.05, 3.63) is 54.1 Å². The van der Waals surface area contributed by atoms with Gasteiger partial charge in [0.25, 0.3) is 0 Å². The normalized spacial score (nSPS) is 19.7. The predicted octanol–water partition coefficient (Wildman–Crippen LogP) is 5.05. The molecule has 2 aliphatic rings. The lowest BCUT2D eigenvalue weighted by molar-refractivity contribution is -0.120. The van der Waals surface area contributed by atoms with Crippen LogP contribution < -0.4 is 15.1 Å². The van der Waals surface area contributed by atoms with E-state index in [1.807, 2.05) is 72.4 Å². The molecule has 0 radical (unpaired) electrons. The van der Waals surface area contributed by atoms with Crippen LogP contribution in [-0.4, -0.2) is 31.7 Å². The summed E-state index contributed by atoms with van der Waals surface area (Å²) in [6.07, 6.45) is 5.52. The van der Waals surface area contributed by atoms with Crippen LogP contribution in [0.1, 0.15) is 43.0 Å². The second-order valence-electron chi connectivity index (χ2n) is 8.28. The van der Waals surface area contributed by atoms with Gasteiger partial charge in [-0.3, -0.25) is 14.5 Å². The smallest absolute Gasteiger partial charge is 0.238 e. The number of nitrogens with zero attached hydrogens (tertiary/aromatic N) is 2. The number of amides is 2. The molecule has 2 fully saturated rings. The minimum absolute atomic E-state index is 0.0502. The van der Waals surface area contributed by atoms with E-state index in [4.69, 9.17) is 0 Å². The fraction of sp³-hybridized carbons (Fsp3) is 0.417. The lowest BCUT2D eigenvalue weighted by Crippen LogP contribution is -2.28. The van der Waals surface area contributed by atoms with Gasteiger partial charge in [0.1, 0.15) is 5.37 Å². The highest BCUT2D eigenvalue weighted by Gasteiger charge is 2.34. The molecule has 1 atom stereocenters. The van der Waals surface area contributed by atoms with Gasteiger partial charge in [-0.15, -0.1) is 11.8 Å². The van der Waals surface area contributed by atoms with E-state index >= 15 is 0 Å². The Morgan fingerprint density at radius 1 is 1.00 bits per heavy atom. The molecule has 30 heavy (non-hydrogen) atoms. The molecule has 6 heteroatoms. The molecule has 1 saturated heterocycles. The molecule has 4 rings (SSSR count). The molecule has 0 bridgehead atoms. The summed E-state index contributed by atoms with van der Waals surface area (Å²) >= 11 is 1.64. The predicted molar refractivity (Wildman–Crippen MR) is 125 cm³/mol. The topological polar surface area (TPSA) is 52.6 Å². The van der Waals surface area contributed by atoms with Gasteiger partial charge in [0.15, 0.2) is 0 Å². The minimum Gasteiger partial charge on any atom is -0.378 e. The van der Waals surface area contributed by atoms with E-state index in [1.165, 1.54) is 6.42 Å². The maximum absolute atomic E-state index is 12.6. The second kappa shape index (κ2) is 9.13. The van der Waals surface area contributed by atoms with Crippen molar-refractivity contribution in [2.24, 2.45) is 5.92 Å². The lowest BCUT2D eigenvalue weighted by atomic mass is 9.88. The summed E-state index contributed by atoms with van der Waals surface area (Å²) in [5, 5.41) is 3.02. The van der Waals surface area contributed by atoms with Crippen molar-refractivity contribution in [3.63, 3.8) is 0 Å². The Morgan fingerprint density at radius 2 is 1.67 bits per heavy atom. The zero-order valence-electron chi connectivity index (χ0n) is 17.6. The summed E-state index contributed by atoms with van der Waals surface area (Å²) in [6.45, 7) is 0. The highest BCUT2D eigenvalue weighted by molar-refractivity contribution is 8.00. The van der Waals surface area contributed by atoms with Crippen molar-refractivity contribution in [3.8, 4) is 0 Å². The largest absolute Gasteiger partial charge is 0.378 e. The van der Waals surface area contributed by atoms with E-state index in [0.29, 0.717) is 5.75 Å². The molecule has 0 unspecified atom stereocenters. The number of rotatable bonds is 5. The molecule has 5 nitrogen and oxygen atoms in total. The molecule has 1 saturated carbocycles. The Bertz CT molecular complexity index is 890. The summed E-state index contributed by atoms with van der Waals surface area (Å²) in [5.74, 6) is 0.870. The molecular formula is C24H29N3O2S. The molecule has 0 spiro atoms. The molecular weight excluding hydrogens is 394 g/mol. The first kappa shape index (κ1) is 20.8. The Kier molecular flexibility index (Phi) is 6.32. The third-order valence-electron chi connectivity index (χ3n) is 5.95. The van der Waals surface area contributed by atoms with Gasteiger partial charge in [0, 0.05) is 37.1 Å². The average Bonchev–Trinajstić information content (AvgIpc) is 3.16. The highest BCUT2D eigenvalue weighted by atomic mass is 32.2. The molecule has 1 aliphatic carbocycles. The zero-order chi connectivity index (χ0) is 21.1. The van der Waals surface area contributed by atoms with E-state index in [-0.39, 0.29) is 23.1 Å². The summed E-state index contributed by atoms with van der Waals surface area (Å²) in [4.78, 5) is 29.0. The fourth-order valence-corrected chi connectivity index (χ4v) is 5.38. The Hall–Kier alpha value is -2.47. The number of carbonyl (C=O) groups is 2. The van der Waals surface area contributed by atoms with Gasteiger partial charge < -0.3 is 10.2 Å². The SMILES string of the molecule is CN(C)c1ccc(N2C(=O)CS[C@@H]2c2ccc(NC(=O)C3CCCCC3)cc2)cc1. The fourth-order valence-electron chi connectivity index (χ4n) is 4.20. The number of hydrogen-bond donors (Lipinski definition) is 1. The van der Waals surface area contributed by atoms with Crippen LogP contribution in [0.4, 0.5) is 17.1 Å². The van der Waals surface area contributed by atoms with Gasteiger partial charge in [0.2, 0.25) is 11.8 Å². The molecule has 2 aromatic carbocycles. The van der Waals surface area contributed by atoms with Crippen LogP contribution in [0.5, 0.6) is 0 Å². The van der Waals surface area contributed by atoms with E-state index in [9.17, 15) is 9.59 Å². The first-order valence-corrected chi connectivity index (χ1v) is 11.7. The van der Waals surface area contributed by atoms with Crippen molar-refractivity contribution in [2.45, 2.75) is 37.5 Å². The third kappa shape index (κ3) is 4.48. The quantitative estimate of drug-likeness (QED) is 0.731. The first-order valence-electron chi connectivity index (χ1n) is 10.6. The summed E-state index contributed by atoms with van der Waals surface area (Å²) in [6, 6.07) is 16.0. The standard InChI is InChI=1S/C24H29N3O2S/c1-26(2)20-12-14-21(15-13-20)27-22(28)16-30-24(27)18-8-10-19(11-9-18)25-23(29)17-6-4-3-5-7-17/h8-15,17,24H,3-7,16H2,1-2H3,(H,25,29)/t24-/m1/s1. The molecule has 2 amide bonds. The van der Waals surface area contributed by atoms with Crippen molar-refractivity contribution >= 4 is 40.6 Å². The first-order chi connectivity index (χ1) is 14.5. The molecule has 1 heterocycles. The van der Waals surface area contributed by atoms with E-state index in [0.717, 1.165) is 48.3 Å². The number of thioether (sulfide) groups is 1. The maximum atomic E-state index is 12.6. The van der Waals surface area contributed by atoms with Crippen molar-refractivity contribution in [1.82, 2.24) is 0 Å². The van der Waals surface area contributed by atoms with Crippen LogP contribution in [0, 0.1) is 5.92 Å². The van der Waals surface area contributed by atoms with Crippen LogP contribution in [0.25, 0.3) is 0 Å². The summed E-state index contributed by atoms with van der Waals surface area (Å²) < 4.78 is 0. The van der Waals surface area contributed by atoms with Crippen molar-refractivity contribution in [1.29, 1.82) is 0 Å². The second-order valence-corrected chi connectivity index (χ2v) is 9.35. The number of hydrogen-bond acceptors (Lipinski definition) is 4. The maximum Gasteiger partial charge on any atom is 0.238 e. The van der Waals surface area contributed by atoms with E-state index < -0.39 is 0 Å². The molecule has 1 aliphatic heterocycles. The van der Waals surface area contributed by atoms with Gasteiger partial charge in [-0.1, -0.05) is 31.4 Å². The van der Waals surface area contributed by atoms with Gasteiger partial charge in [-0.2, -0.15) is 0 Å². The monoisotopic (exact) mass is 423 g/mol. The average molecular weight is 424 g/mol. The van der Waals surface area contributed by atoms with Crippen LogP contribution in [-0.2, 0) is 9.59 Å². The Labute approximate surface area is 182 Å².